The van der Waals surface area contributed by atoms with Crippen LogP contribution in [0.2, 0.25) is 0 Å². The van der Waals surface area contributed by atoms with E-state index < -0.39 is 0 Å². The summed E-state index contributed by atoms with van der Waals surface area (Å²) in [5, 5.41) is 3.15. The highest BCUT2D eigenvalue weighted by molar-refractivity contribution is 5.50. The topological polar surface area (TPSA) is 49.0 Å². The molecule has 0 saturated heterocycles. The molecule has 0 aliphatic heterocycles. The lowest BCUT2D eigenvalue weighted by Crippen LogP contribution is -2.20. The molecule has 0 spiro atoms. The first-order chi connectivity index (χ1) is 8.76. The Kier molecular flexibility index (Phi) is 6.32. The Morgan fingerprint density at radius 1 is 0.944 bits per heavy atom. The van der Waals surface area contributed by atoms with Gasteiger partial charge >= 0.3 is 0 Å². The molecule has 0 bridgehead atoms. The summed E-state index contributed by atoms with van der Waals surface area (Å²) in [5.74, 6) is 2.26. The van der Waals surface area contributed by atoms with Gasteiger partial charge < -0.3 is 18.9 Å². The number of benzene rings is 1. The Morgan fingerprint density at radius 2 is 1.56 bits per heavy atom. The molecule has 0 atom stereocenters. The van der Waals surface area contributed by atoms with Crippen LogP contribution in [0.5, 0.6) is 17.2 Å². The molecular formula is C13H21NO4. The minimum atomic E-state index is 0.529. The molecule has 18 heavy (non-hydrogen) atoms. The number of hydrogen-bond donors (Lipinski definition) is 1. The van der Waals surface area contributed by atoms with Gasteiger partial charge in [0.15, 0.2) is 0 Å². The van der Waals surface area contributed by atoms with Crippen LogP contribution in [-0.4, -0.2) is 41.7 Å². The molecular weight excluding hydrogens is 234 g/mol. The largest absolute Gasteiger partial charge is 0.496 e. The van der Waals surface area contributed by atoms with Crippen molar-refractivity contribution in [3.63, 3.8) is 0 Å². The van der Waals surface area contributed by atoms with Gasteiger partial charge in [0, 0.05) is 31.4 Å². The summed E-state index contributed by atoms with van der Waals surface area (Å²) in [6.45, 7) is 1.31. The zero-order chi connectivity index (χ0) is 13.4. The summed E-state index contributed by atoms with van der Waals surface area (Å²) in [5.41, 5.74) is 1.02. The Balaban J connectivity index is 2.85. The second-order valence-corrected chi connectivity index (χ2v) is 3.69. The fourth-order valence-corrected chi connectivity index (χ4v) is 1.71. The molecule has 0 fully saturated rings. The molecule has 1 aromatic rings. The summed E-state index contributed by atoms with van der Waals surface area (Å²) in [4.78, 5) is 0. The van der Waals surface area contributed by atoms with E-state index in [1.165, 1.54) is 0 Å². The molecule has 0 aliphatic carbocycles. The molecule has 0 amide bonds. The van der Waals surface area contributed by atoms with Crippen molar-refractivity contribution < 1.29 is 18.9 Å². The van der Waals surface area contributed by atoms with Crippen molar-refractivity contribution in [3.8, 4) is 17.2 Å². The monoisotopic (exact) mass is 255 g/mol. The van der Waals surface area contributed by atoms with Crippen molar-refractivity contribution in [2.75, 3.05) is 41.7 Å². The molecule has 0 unspecified atom stereocenters. The second kappa shape index (κ2) is 7.79. The molecule has 0 saturated carbocycles. The lowest BCUT2D eigenvalue weighted by Gasteiger charge is -2.15. The average molecular weight is 255 g/mol. The van der Waals surface area contributed by atoms with E-state index in [2.05, 4.69) is 5.32 Å². The summed E-state index contributed by atoms with van der Waals surface area (Å²) >= 11 is 0. The van der Waals surface area contributed by atoms with Crippen LogP contribution < -0.4 is 19.5 Å². The van der Waals surface area contributed by atoms with E-state index >= 15 is 0 Å². The lowest BCUT2D eigenvalue weighted by molar-refractivity contribution is 0.176. The number of nitrogens with one attached hydrogen (secondary N) is 1. The van der Waals surface area contributed by atoms with Gasteiger partial charge in [-0.15, -0.1) is 0 Å². The van der Waals surface area contributed by atoms with E-state index in [0.717, 1.165) is 35.8 Å². The number of ether oxygens (including phenoxy) is 4. The van der Waals surface area contributed by atoms with Crippen molar-refractivity contribution in [2.24, 2.45) is 0 Å². The second-order valence-electron chi connectivity index (χ2n) is 3.69. The summed E-state index contributed by atoms with van der Waals surface area (Å²) in [6, 6.07) is 3.71. The van der Waals surface area contributed by atoms with Crippen molar-refractivity contribution in [1.82, 2.24) is 5.32 Å². The van der Waals surface area contributed by atoms with Crippen LogP contribution in [0.1, 0.15) is 5.56 Å². The molecule has 5 nitrogen and oxygen atoms in total. The zero-order valence-corrected chi connectivity index (χ0v) is 11.4. The molecule has 1 rings (SSSR count). The maximum Gasteiger partial charge on any atom is 0.129 e. The highest BCUT2D eigenvalue weighted by Crippen LogP contribution is 2.34. The van der Waals surface area contributed by atoms with Crippen molar-refractivity contribution >= 4 is 0 Å². The number of methoxy groups -OCH3 is 4. The molecule has 1 aromatic carbocycles. The molecule has 102 valence electrons. The van der Waals surface area contributed by atoms with Crippen LogP contribution in [0.4, 0.5) is 0 Å². The highest BCUT2D eigenvalue weighted by atomic mass is 16.5. The van der Waals surface area contributed by atoms with E-state index in [9.17, 15) is 0 Å². The Bertz CT molecular complexity index is 343. The van der Waals surface area contributed by atoms with Crippen molar-refractivity contribution in [3.05, 3.63) is 17.7 Å². The van der Waals surface area contributed by atoms with Crippen LogP contribution in [0.25, 0.3) is 0 Å². The molecule has 0 aliphatic rings. The maximum atomic E-state index is 5.37. The molecule has 5 heteroatoms. The predicted molar refractivity (Wildman–Crippen MR) is 69.7 cm³/mol. The van der Waals surface area contributed by atoms with Crippen LogP contribution in [0, 0.1) is 0 Å². The van der Waals surface area contributed by atoms with Gasteiger partial charge in [0.2, 0.25) is 0 Å². The van der Waals surface area contributed by atoms with Crippen LogP contribution in [-0.2, 0) is 11.2 Å². The van der Waals surface area contributed by atoms with E-state index in [-0.39, 0.29) is 0 Å². The summed E-state index contributed by atoms with van der Waals surface area (Å²) in [7, 11) is 6.55. The predicted octanol–water partition coefficient (Wildman–Crippen LogP) is 1.45. The van der Waals surface area contributed by atoms with Crippen LogP contribution in [0.15, 0.2) is 12.1 Å². The van der Waals surface area contributed by atoms with Gasteiger partial charge in [-0.05, 0) is 6.42 Å². The molecule has 0 radical (unpaired) electrons. The lowest BCUT2D eigenvalue weighted by atomic mass is 10.1. The van der Waals surface area contributed by atoms with Gasteiger partial charge in [-0.25, -0.2) is 0 Å². The first kappa shape index (κ1) is 14.6. The fourth-order valence-electron chi connectivity index (χ4n) is 1.71. The summed E-state index contributed by atoms with van der Waals surface area (Å²) in [6.07, 6.45) is 0.791. The minimum Gasteiger partial charge on any atom is -0.496 e. The number of rotatable bonds is 8. The fraction of sp³-hybridized carbons (Fsp3) is 0.538. The third-order valence-corrected chi connectivity index (χ3v) is 2.62. The quantitative estimate of drug-likeness (QED) is 0.563. The SMILES string of the molecule is COCNCCc1c(OC)cc(OC)cc1OC. The standard InChI is InChI=1S/C13H21NO4/c1-15-9-14-6-5-11-12(17-3)7-10(16-2)8-13(11)18-4/h7-8,14H,5-6,9H2,1-4H3. The smallest absolute Gasteiger partial charge is 0.129 e. The van der Waals surface area contributed by atoms with E-state index in [1.807, 2.05) is 12.1 Å². The normalized spacial score (nSPS) is 10.2. The third-order valence-electron chi connectivity index (χ3n) is 2.62. The van der Waals surface area contributed by atoms with Gasteiger partial charge in [0.25, 0.3) is 0 Å². The summed E-state index contributed by atoms with van der Waals surface area (Å²) < 4.78 is 20.9. The van der Waals surface area contributed by atoms with Crippen LogP contribution >= 0.6 is 0 Å². The highest BCUT2D eigenvalue weighted by Gasteiger charge is 2.12. The van der Waals surface area contributed by atoms with Gasteiger partial charge in [-0.3, -0.25) is 5.32 Å². The first-order valence-corrected chi connectivity index (χ1v) is 5.75. The van der Waals surface area contributed by atoms with Crippen molar-refractivity contribution in [2.45, 2.75) is 6.42 Å². The molecule has 0 aromatic heterocycles. The number of hydrogen-bond acceptors (Lipinski definition) is 5. The van der Waals surface area contributed by atoms with E-state index in [4.69, 9.17) is 18.9 Å². The third kappa shape index (κ3) is 3.78. The zero-order valence-electron chi connectivity index (χ0n) is 11.4. The van der Waals surface area contributed by atoms with Gasteiger partial charge in [-0.2, -0.15) is 0 Å². The van der Waals surface area contributed by atoms with Crippen molar-refractivity contribution in [1.29, 1.82) is 0 Å². The Hall–Kier alpha value is -1.46. The Labute approximate surface area is 108 Å². The maximum absolute atomic E-state index is 5.37. The van der Waals surface area contributed by atoms with Gasteiger partial charge in [0.05, 0.1) is 28.1 Å². The Morgan fingerprint density at radius 3 is 2.00 bits per heavy atom. The first-order valence-electron chi connectivity index (χ1n) is 5.75. The van der Waals surface area contributed by atoms with E-state index in [1.54, 1.807) is 28.4 Å². The van der Waals surface area contributed by atoms with Gasteiger partial charge in [0.1, 0.15) is 17.2 Å². The average Bonchev–Trinajstić information content (AvgIpc) is 2.42. The minimum absolute atomic E-state index is 0.529. The van der Waals surface area contributed by atoms with E-state index in [0.29, 0.717) is 6.73 Å². The van der Waals surface area contributed by atoms with Crippen LogP contribution in [0.3, 0.4) is 0 Å². The molecule has 1 N–H and O–H groups in total. The molecule has 0 heterocycles. The van der Waals surface area contributed by atoms with Gasteiger partial charge in [-0.1, -0.05) is 0 Å².